The smallest absolute Gasteiger partial charge is 0.230 e. The third-order valence-electron chi connectivity index (χ3n) is 4.89. The Morgan fingerprint density at radius 1 is 1.24 bits per heavy atom. The molecule has 134 valence electrons. The van der Waals surface area contributed by atoms with E-state index in [1.807, 2.05) is 6.07 Å². The topological polar surface area (TPSA) is 72.7 Å². The van der Waals surface area contributed by atoms with Crippen molar-refractivity contribution >= 4 is 17.7 Å². The first-order valence-electron chi connectivity index (χ1n) is 8.81. The fourth-order valence-electron chi connectivity index (χ4n) is 3.09. The van der Waals surface area contributed by atoms with Gasteiger partial charge >= 0.3 is 0 Å². The lowest BCUT2D eigenvalue weighted by Crippen LogP contribution is -2.38. The summed E-state index contributed by atoms with van der Waals surface area (Å²) in [5, 5.41) is 15.7. The maximum atomic E-state index is 12.2. The molecule has 0 aliphatic heterocycles. The molecule has 1 aliphatic rings. The minimum Gasteiger partial charge on any atom is -0.353 e. The Morgan fingerprint density at radius 2 is 2.00 bits per heavy atom. The van der Waals surface area contributed by atoms with Crippen molar-refractivity contribution in [2.45, 2.75) is 57.7 Å². The van der Waals surface area contributed by atoms with E-state index in [4.69, 9.17) is 0 Å². The third-order valence-corrected chi connectivity index (χ3v) is 5.81. The first-order valence-corrected chi connectivity index (χ1v) is 9.79. The number of nitrogens with zero attached hydrogens (tertiary/aromatic N) is 4. The maximum absolute atomic E-state index is 12.2. The lowest BCUT2D eigenvalue weighted by molar-refractivity contribution is -0.119. The Kier molecular flexibility index (Phi) is 5.73. The van der Waals surface area contributed by atoms with E-state index in [0.717, 1.165) is 24.4 Å². The van der Waals surface area contributed by atoms with Crippen molar-refractivity contribution < 1.29 is 4.79 Å². The molecule has 1 heterocycles. The standard InChI is InChI=1S/C18H25N5OS/c1-12-4-7-15(8-5-12)19-17(24)11-25-18-20-21-22-23(18)16-9-6-13(2)14(3)10-16/h6,9-10,12,15H,4-5,7-8,11H2,1-3H3,(H,19,24). The van der Waals surface area contributed by atoms with Crippen LogP contribution in [0.1, 0.15) is 43.7 Å². The fourth-order valence-corrected chi connectivity index (χ4v) is 3.79. The van der Waals surface area contributed by atoms with E-state index in [-0.39, 0.29) is 5.91 Å². The molecule has 0 radical (unpaired) electrons. The van der Waals surface area contributed by atoms with E-state index < -0.39 is 0 Å². The quantitative estimate of drug-likeness (QED) is 0.831. The molecule has 0 atom stereocenters. The zero-order chi connectivity index (χ0) is 17.8. The number of hydrogen-bond acceptors (Lipinski definition) is 5. The highest BCUT2D eigenvalue weighted by molar-refractivity contribution is 7.99. The van der Waals surface area contributed by atoms with Crippen LogP contribution >= 0.6 is 11.8 Å². The summed E-state index contributed by atoms with van der Waals surface area (Å²) < 4.78 is 1.69. The largest absolute Gasteiger partial charge is 0.353 e. The molecular weight excluding hydrogens is 334 g/mol. The van der Waals surface area contributed by atoms with Crippen LogP contribution in [0.25, 0.3) is 5.69 Å². The molecule has 1 aliphatic carbocycles. The van der Waals surface area contributed by atoms with Crippen LogP contribution in [0.5, 0.6) is 0 Å². The lowest BCUT2D eigenvalue weighted by atomic mass is 9.87. The van der Waals surface area contributed by atoms with E-state index >= 15 is 0 Å². The monoisotopic (exact) mass is 359 g/mol. The molecule has 0 saturated heterocycles. The van der Waals surface area contributed by atoms with Gasteiger partial charge < -0.3 is 5.32 Å². The van der Waals surface area contributed by atoms with Crippen LogP contribution in [0.4, 0.5) is 0 Å². The summed E-state index contributed by atoms with van der Waals surface area (Å²) in [7, 11) is 0. The molecule has 7 heteroatoms. The summed E-state index contributed by atoms with van der Waals surface area (Å²) in [5.74, 6) is 1.17. The highest BCUT2D eigenvalue weighted by Crippen LogP contribution is 2.24. The van der Waals surface area contributed by atoms with Gasteiger partial charge in [-0.25, -0.2) is 0 Å². The van der Waals surface area contributed by atoms with Crippen molar-refractivity contribution in [3.63, 3.8) is 0 Å². The molecule has 1 saturated carbocycles. The number of amides is 1. The molecule has 2 aromatic rings. The number of tetrazole rings is 1. The van der Waals surface area contributed by atoms with E-state index in [1.54, 1.807) is 4.68 Å². The first kappa shape index (κ1) is 17.9. The van der Waals surface area contributed by atoms with Crippen LogP contribution in [0.3, 0.4) is 0 Å². The molecular formula is C18H25N5OS. The second-order valence-corrected chi connectivity index (χ2v) is 7.90. The highest BCUT2D eigenvalue weighted by atomic mass is 32.2. The SMILES string of the molecule is Cc1ccc(-n2nnnc2SCC(=O)NC2CCC(C)CC2)cc1C. The second kappa shape index (κ2) is 7.99. The summed E-state index contributed by atoms with van der Waals surface area (Å²) in [6.07, 6.45) is 4.56. The molecule has 1 amide bonds. The Labute approximate surface area is 152 Å². The highest BCUT2D eigenvalue weighted by Gasteiger charge is 2.20. The van der Waals surface area contributed by atoms with Gasteiger partial charge in [0.15, 0.2) is 0 Å². The minimum atomic E-state index is 0.0548. The van der Waals surface area contributed by atoms with E-state index in [0.29, 0.717) is 17.0 Å². The number of carbonyl (C=O) groups excluding carboxylic acids is 1. The Morgan fingerprint density at radius 3 is 2.72 bits per heavy atom. The summed E-state index contributed by atoms with van der Waals surface area (Å²) in [6.45, 7) is 6.42. The van der Waals surface area contributed by atoms with Crippen molar-refractivity contribution in [2.75, 3.05) is 5.75 Å². The molecule has 1 aromatic heterocycles. The van der Waals surface area contributed by atoms with Gasteiger partial charge in [0.2, 0.25) is 11.1 Å². The summed E-state index contributed by atoms with van der Waals surface area (Å²) in [6, 6.07) is 6.42. The number of carbonyl (C=O) groups is 1. The average molecular weight is 359 g/mol. The number of hydrogen-bond donors (Lipinski definition) is 1. The Hall–Kier alpha value is -1.89. The van der Waals surface area contributed by atoms with Crippen LogP contribution in [-0.4, -0.2) is 37.9 Å². The van der Waals surface area contributed by atoms with Gasteiger partial charge in [-0.05, 0) is 79.1 Å². The molecule has 1 aromatic carbocycles. The Bertz CT molecular complexity index is 737. The molecule has 3 rings (SSSR count). The summed E-state index contributed by atoms with van der Waals surface area (Å²) in [4.78, 5) is 12.2. The van der Waals surface area contributed by atoms with Gasteiger partial charge in [-0.15, -0.1) is 5.10 Å². The Balaban J connectivity index is 1.58. The number of thioether (sulfide) groups is 1. The number of benzene rings is 1. The molecule has 1 fully saturated rings. The van der Waals surface area contributed by atoms with Crippen LogP contribution in [-0.2, 0) is 4.79 Å². The number of rotatable bonds is 5. The zero-order valence-electron chi connectivity index (χ0n) is 15.0. The average Bonchev–Trinajstić information content (AvgIpc) is 3.06. The van der Waals surface area contributed by atoms with Crippen LogP contribution in [0, 0.1) is 19.8 Å². The number of aryl methyl sites for hydroxylation is 2. The van der Waals surface area contributed by atoms with Crippen molar-refractivity contribution in [3.8, 4) is 5.69 Å². The predicted octanol–water partition coefficient (Wildman–Crippen LogP) is 3.07. The fraction of sp³-hybridized carbons (Fsp3) is 0.556. The molecule has 6 nitrogen and oxygen atoms in total. The van der Waals surface area contributed by atoms with Gasteiger partial charge in [-0.2, -0.15) is 4.68 Å². The third kappa shape index (κ3) is 4.60. The number of aromatic nitrogens is 4. The summed E-state index contributed by atoms with van der Waals surface area (Å²) >= 11 is 1.37. The van der Waals surface area contributed by atoms with Crippen LogP contribution in [0.15, 0.2) is 23.4 Å². The van der Waals surface area contributed by atoms with Crippen molar-refractivity contribution in [1.82, 2.24) is 25.5 Å². The van der Waals surface area contributed by atoms with Crippen molar-refractivity contribution in [1.29, 1.82) is 0 Å². The van der Waals surface area contributed by atoms with Crippen molar-refractivity contribution in [2.24, 2.45) is 5.92 Å². The van der Waals surface area contributed by atoms with Gasteiger partial charge in [0.05, 0.1) is 11.4 Å². The van der Waals surface area contributed by atoms with Gasteiger partial charge in [0.25, 0.3) is 0 Å². The second-order valence-electron chi connectivity index (χ2n) is 6.95. The molecule has 0 spiro atoms. The van der Waals surface area contributed by atoms with E-state index in [2.05, 4.69) is 53.7 Å². The molecule has 25 heavy (non-hydrogen) atoms. The van der Waals surface area contributed by atoms with Gasteiger partial charge in [0, 0.05) is 6.04 Å². The molecule has 0 bridgehead atoms. The van der Waals surface area contributed by atoms with Gasteiger partial charge in [-0.3, -0.25) is 4.79 Å². The normalized spacial score (nSPS) is 20.4. The zero-order valence-corrected chi connectivity index (χ0v) is 15.8. The minimum absolute atomic E-state index is 0.0548. The van der Waals surface area contributed by atoms with Gasteiger partial charge in [-0.1, -0.05) is 24.8 Å². The molecule has 1 N–H and O–H groups in total. The van der Waals surface area contributed by atoms with E-state index in [9.17, 15) is 4.79 Å². The van der Waals surface area contributed by atoms with Gasteiger partial charge in [0.1, 0.15) is 0 Å². The lowest BCUT2D eigenvalue weighted by Gasteiger charge is -2.26. The molecule has 0 unspecified atom stereocenters. The number of nitrogens with one attached hydrogen (secondary N) is 1. The van der Waals surface area contributed by atoms with Crippen molar-refractivity contribution in [3.05, 3.63) is 29.3 Å². The maximum Gasteiger partial charge on any atom is 0.230 e. The summed E-state index contributed by atoms with van der Waals surface area (Å²) in [5.41, 5.74) is 3.33. The van der Waals surface area contributed by atoms with Crippen LogP contribution in [0.2, 0.25) is 0 Å². The predicted molar refractivity (Wildman–Crippen MR) is 98.9 cm³/mol. The van der Waals surface area contributed by atoms with E-state index in [1.165, 1.54) is 35.7 Å². The van der Waals surface area contributed by atoms with Crippen LogP contribution < -0.4 is 5.32 Å². The first-order chi connectivity index (χ1) is 12.0.